The number of hydrogen-bond donors (Lipinski definition) is 3. The zero-order valence-corrected chi connectivity index (χ0v) is 20.5. The van der Waals surface area contributed by atoms with Crippen LogP contribution in [0.4, 0.5) is 5.69 Å². The Labute approximate surface area is 193 Å². The number of benzene rings is 1. The third-order valence-corrected chi connectivity index (χ3v) is 5.07. The van der Waals surface area contributed by atoms with Crippen molar-refractivity contribution in [3.8, 4) is 0 Å². The molecule has 6 nitrogen and oxygen atoms in total. The van der Waals surface area contributed by atoms with Crippen LogP contribution in [0.3, 0.4) is 0 Å². The molecular weight excluding hydrogens is 477 g/mol. The molecule has 0 aromatic heterocycles. The van der Waals surface area contributed by atoms with Crippen LogP contribution in [0.5, 0.6) is 0 Å². The van der Waals surface area contributed by atoms with Crippen LogP contribution in [-0.4, -0.2) is 50.0 Å². The van der Waals surface area contributed by atoms with Gasteiger partial charge < -0.3 is 20.9 Å². The van der Waals surface area contributed by atoms with Crippen molar-refractivity contribution >= 4 is 41.5 Å². The van der Waals surface area contributed by atoms with Gasteiger partial charge in [-0.3, -0.25) is 9.79 Å². The maximum absolute atomic E-state index is 11.7. The van der Waals surface area contributed by atoms with Crippen molar-refractivity contribution < 1.29 is 4.79 Å². The second kappa shape index (κ2) is 14.6. The smallest absolute Gasteiger partial charge is 0.226 e. The Hall–Kier alpha value is -1.35. The van der Waals surface area contributed by atoms with Crippen LogP contribution in [0, 0.1) is 5.92 Å². The summed E-state index contributed by atoms with van der Waals surface area (Å²) in [4.78, 5) is 18.6. The van der Waals surface area contributed by atoms with Crippen LogP contribution in [0.1, 0.15) is 51.5 Å². The van der Waals surface area contributed by atoms with E-state index in [0.29, 0.717) is 6.54 Å². The number of aliphatic imine (C=N–C) groups is 1. The predicted molar refractivity (Wildman–Crippen MR) is 133 cm³/mol. The highest BCUT2D eigenvalue weighted by atomic mass is 127. The number of hydrogen-bond acceptors (Lipinski definition) is 3. The molecule has 7 heteroatoms. The van der Waals surface area contributed by atoms with Crippen LogP contribution in [0.15, 0.2) is 29.3 Å². The SMILES string of the molecule is CN=C(NCCCN1CCCCCC1)NCc1ccc(NC(=O)C(C)C)cc1.I. The number of rotatable bonds is 8. The van der Waals surface area contributed by atoms with E-state index in [9.17, 15) is 4.79 Å². The predicted octanol–water partition coefficient (Wildman–Crippen LogP) is 3.83. The van der Waals surface area contributed by atoms with E-state index in [0.717, 1.165) is 36.7 Å². The molecule has 0 radical (unpaired) electrons. The fourth-order valence-corrected chi connectivity index (χ4v) is 3.27. The Balaban J connectivity index is 0.00000420. The first-order chi connectivity index (χ1) is 13.6. The molecular formula is C22H38IN5O. The summed E-state index contributed by atoms with van der Waals surface area (Å²) in [6.07, 6.45) is 6.59. The molecule has 2 rings (SSSR count). The molecule has 0 bridgehead atoms. The molecule has 1 aromatic rings. The number of anilines is 1. The minimum atomic E-state index is -0.0184. The normalized spacial score (nSPS) is 15.4. The Bertz CT molecular complexity index is 610. The van der Waals surface area contributed by atoms with Gasteiger partial charge in [0.05, 0.1) is 0 Å². The summed E-state index contributed by atoms with van der Waals surface area (Å²) in [5.74, 6) is 0.846. The minimum Gasteiger partial charge on any atom is -0.356 e. The van der Waals surface area contributed by atoms with E-state index in [1.165, 1.54) is 38.8 Å². The molecule has 3 N–H and O–H groups in total. The average molecular weight is 515 g/mol. The Morgan fingerprint density at radius 1 is 1.07 bits per heavy atom. The van der Waals surface area contributed by atoms with Gasteiger partial charge in [0.1, 0.15) is 0 Å². The maximum Gasteiger partial charge on any atom is 0.226 e. The molecule has 1 aliphatic heterocycles. The highest BCUT2D eigenvalue weighted by molar-refractivity contribution is 14.0. The van der Waals surface area contributed by atoms with Gasteiger partial charge in [0, 0.05) is 31.7 Å². The molecule has 1 saturated heterocycles. The monoisotopic (exact) mass is 515 g/mol. The zero-order valence-electron chi connectivity index (χ0n) is 18.2. The standard InChI is InChI=1S/C22H37N5O.HI/c1-18(2)21(28)26-20-11-9-19(10-12-20)17-25-22(23-3)24-13-8-16-27-14-6-4-5-7-15-27;/h9-12,18H,4-8,13-17H2,1-3H3,(H,26,28)(H2,23,24,25);1H. The highest BCUT2D eigenvalue weighted by Crippen LogP contribution is 2.11. The molecule has 0 aliphatic carbocycles. The summed E-state index contributed by atoms with van der Waals surface area (Å²) in [7, 11) is 1.80. The molecule has 1 heterocycles. The summed E-state index contributed by atoms with van der Waals surface area (Å²) in [5.41, 5.74) is 1.98. The Morgan fingerprint density at radius 3 is 2.31 bits per heavy atom. The van der Waals surface area contributed by atoms with Crippen LogP contribution in [-0.2, 0) is 11.3 Å². The number of carbonyl (C=O) groups is 1. The molecule has 0 saturated carbocycles. The van der Waals surface area contributed by atoms with E-state index in [4.69, 9.17) is 0 Å². The summed E-state index contributed by atoms with van der Waals surface area (Å²) in [5, 5.41) is 9.66. The summed E-state index contributed by atoms with van der Waals surface area (Å²) in [6, 6.07) is 7.93. The van der Waals surface area contributed by atoms with Crippen molar-refractivity contribution in [1.82, 2.24) is 15.5 Å². The maximum atomic E-state index is 11.7. The van der Waals surface area contributed by atoms with E-state index in [1.54, 1.807) is 7.05 Å². The third-order valence-electron chi connectivity index (χ3n) is 5.07. The highest BCUT2D eigenvalue weighted by Gasteiger charge is 2.09. The molecule has 1 aliphatic rings. The molecule has 0 unspecified atom stereocenters. The molecule has 29 heavy (non-hydrogen) atoms. The van der Waals surface area contributed by atoms with Crippen molar-refractivity contribution in [2.45, 2.75) is 52.5 Å². The van der Waals surface area contributed by atoms with Crippen molar-refractivity contribution in [1.29, 1.82) is 0 Å². The van der Waals surface area contributed by atoms with Crippen LogP contribution in [0.2, 0.25) is 0 Å². The van der Waals surface area contributed by atoms with Crippen LogP contribution < -0.4 is 16.0 Å². The molecule has 1 aromatic carbocycles. The quantitative estimate of drug-likeness (QED) is 0.213. The lowest BCUT2D eigenvalue weighted by Gasteiger charge is -2.20. The summed E-state index contributed by atoms with van der Waals surface area (Å²) in [6.45, 7) is 9.07. The number of likely N-dealkylation sites (tertiary alicyclic amines) is 1. The number of nitrogens with zero attached hydrogens (tertiary/aromatic N) is 2. The van der Waals surface area contributed by atoms with E-state index in [2.05, 4.69) is 25.8 Å². The van der Waals surface area contributed by atoms with Gasteiger partial charge in [-0.2, -0.15) is 0 Å². The summed E-state index contributed by atoms with van der Waals surface area (Å²) >= 11 is 0. The van der Waals surface area contributed by atoms with Gasteiger partial charge >= 0.3 is 0 Å². The topological polar surface area (TPSA) is 68.8 Å². The Kier molecular flexibility index (Phi) is 12.9. The number of amides is 1. The van der Waals surface area contributed by atoms with E-state index < -0.39 is 0 Å². The molecule has 1 amide bonds. The van der Waals surface area contributed by atoms with Crippen molar-refractivity contribution in [3.63, 3.8) is 0 Å². The number of carbonyl (C=O) groups excluding carboxylic acids is 1. The van der Waals surface area contributed by atoms with Gasteiger partial charge in [-0.05, 0) is 56.6 Å². The van der Waals surface area contributed by atoms with E-state index >= 15 is 0 Å². The Morgan fingerprint density at radius 2 is 1.72 bits per heavy atom. The first-order valence-electron chi connectivity index (χ1n) is 10.6. The lowest BCUT2D eigenvalue weighted by Crippen LogP contribution is -2.38. The third kappa shape index (κ3) is 10.3. The lowest BCUT2D eigenvalue weighted by atomic mass is 10.1. The van der Waals surface area contributed by atoms with Gasteiger partial charge in [-0.1, -0.05) is 38.8 Å². The zero-order chi connectivity index (χ0) is 20.2. The van der Waals surface area contributed by atoms with Gasteiger partial charge in [0.2, 0.25) is 5.91 Å². The van der Waals surface area contributed by atoms with E-state index in [1.807, 2.05) is 38.1 Å². The number of halogens is 1. The van der Waals surface area contributed by atoms with Crippen molar-refractivity contribution in [3.05, 3.63) is 29.8 Å². The second-order valence-electron chi connectivity index (χ2n) is 7.80. The number of guanidine groups is 1. The number of nitrogens with one attached hydrogen (secondary N) is 3. The van der Waals surface area contributed by atoms with Crippen molar-refractivity contribution in [2.75, 3.05) is 38.5 Å². The van der Waals surface area contributed by atoms with Gasteiger partial charge in [-0.25, -0.2) is 0 Å². The molecule has 0 atom stereocenters. The summed E-state index contributed by atoms with van der Waals surface area (Å²) < 4.78 is 0. The fraction of sp³-hybridized carbons (Fsp3) is 0.636. The van der Waals surface area contributed by atoms with Gasteiger partial charge in [0.25, 0.3) is 0 Å². The van der Waals surface area contributed by atoms with Crippen molar-refractivity contribution in [2.24, 2.45) is 10.9 Å². The molecule has 164 valence electrons. The lowest BCUT2D eigenvalue weighted by molar-refractivity contribution is -0.118. The second-order valence-corrected chi connectivity index (χ2v) is 7.80. The van der Waals surface area contributed by atoms with Crippen LogP contribution in [0.25, 0.3) is 0 Å². The van der Waals surface area contributed by atoms with Gasteiger partial charge in [0.15, 0.2) is 5.96 Å². The van der Waals surface area contributed by atoms with Crippen LogP contribution >= 0.6 is 24.0 Å². The average Bonchev–Trinajstić information content (AvgIpc) is 2.97. The molecule has 1 fully saturated rings. The van der Waals surface area contributed by atoms with Gasteiger partial charge in [-0.15, -0.1) is 24.0 Å². The fourth-order valence-electron chi connectivity index (χ4n) is 3.27. The molecule has 0 spiro atoms. The van der Waals surface area contributed by atoms with E-state index in [-0.39, 0.29) is 35.8 Å². The largest absolute Gasteiger partial charge is 0.356 e. The first-order valence-corrected chi connectivity index (χ1v) is 10.6. The minimum absolute atomic E-state index is 0. The first kappa shape index (κ1) is 25.7.